The Labute approximate surface area is 199 Å². The summed E-state index contributed by atoms with van der Waals surface area (Å²) < 4.78 is 37.4. The quantitative estimate of drug-likeness (QED) is 0.326. The van der Waals surface area contributed by atoms with E-state index in [9.17, 15) is 13.0 Å². The molecule has 138 valence electrons. The molecule has 0 aliphatic heterocycles. The van der Waals surface area contributed by atoms with E-state index in [0.717, 1.165) is 37.9 Å². The van der Waals surface area contributed by atoms with Crippen molar-refractivity contribution in [2.24, 2.45) is 5.92 Å². The van der Waals surface area contributed by atoms with Gasteiger partial charge in [-0.25, -0.2) is 8.42 Å². The molecule has 26 heavy (non-hydrogen) atoms. The van der Waals surface area contributed by atoms with Crippen LogP contribution in [0.2, 0.25) is 0 Å². The van der Waals surface area contributed by atoms with Crippen molar-refractivity contribution in [3.63, 3.8) is 0 Å². The third-order valence-corrected chi connectivity index (χ3v) is 5.14. The van der Waals surface area contributed by atoms with Gasteiger partial charge in [-0.2, -0.15) is 0 Å². The van der Waals surface area contributed by atoms with Crippen molar-refractivity contribution < 1.29 is 69.1 Å². The molecule has 4 nitrogen and oxygen atoms in total. The minimum Gasteiger partial charge on any atom is -0.748 e. The third-order valence-electron chi connectivity index (χ3n) is 4.35. The average molecular weight is 403 g/mol. The molecule has 0 bridgehead atoms. The Morgan fingerprint density at radius 2 is 1.62 bits per heavy atom. The van der Waals surface area contributed by atoms with E-state index in [2.05, 4.69) is 31.2 Å². The summed E-state index contributed by atoms with van der Waals surface area (Å²) in [5.41, 5.74) is 0. The number of ether oxygens (including phenoxy) is 1. The van der Waals surface area contributed by atoms with Crippen molar-refractivity contribution in [3.8, 4) is 5.75 Å². The van der Waals surface area contributed by atoms with Gasteiger partial charge in [0.25, 0.3) is 0 Å². The maximum atomic E-state index is 10.5. The summed E-state index contributed by atoms with van der Waals surface area (Å²) in [6.45, 7) is 2.89. The first-order valence-electron chi connectivity index (χ1n) is 8.99. The molecule has 2 aromatic carbocycles. The molecule has 0 radical (unpaired) electrons. The normalized spacial score (nSPS) is 12.5. The molecule has 0 aliphatic carbocycles. The molecule has 0 amide bonds. The second-order valence-electron chi connectivity index (χ2n) is 6.74. The maximum Gasteiger partial charge on any atom is 1.00 e. The number of hydrogen-bond acceptors (Lipinski definition) is 4. The van der Waals surface area contributed by atoms with Crippen LogP contribution in [0.4, 0.5) is 0 Å². The topological polar surface area (TPSA) is 66.4 Å². The standard InChI is InChI=1S/C20H28O4S.K/c1-17(9-5-3-2-4-8-14-25(21,22)23)16-24-20-13-12-18-10-6-7-11-19(18)15-20;/h6-7,10-13,15,17H,2-5,8-9,14,16H2,1H3,(H,21,22,23);/q;+1/p-1. The first-order valence-corrected chi connectivity index (χ1v) is 10.6. The van der Waals surface area contributed by atoms with Crippen molar-refractivity contribution >= 4 is 20.9 Å². The van der Waals surface area contributed by atoms with Crippen molar-refractivity contribution in [2.75, 3.05) is 12.4 Å². The van der Waals surface area contributed by atoms with Crippen LogP contribution in [0.25, 0.3) is 10.8 Å². The van der Waals surface area contributed by atoms with Crippen LogP contribution in [-0.2, 0) is 10.1 Å². The number of hydrogen-bond donors (Lipinski definition) is 0. The number of unbranched alkanes of at least 4 members (excludes halogenated alkanes) is 4. The molecule has 0 fully saturated rings. The largest absolute Gasteiger partial charge is 1.00 e. The summed E-state index contributed by atoms with van der Waals surface area (Å²) in [5.74, 6) is 1.15. The van der Waals surface area contributed by atoms with Crippen LogP contribution < -0.4 is 56.1 Å². The zero-order valence-corrected chi connectivity index (χ0v) is 19.8. The molecule has 2 rings (SSSR count). The SMILES string of the molecule is CC(CCCCCCCS(=O)(=O)[O-])COc1ccc2ccccc2c1.[K+]. The summed E-state index contributed by atoms with van der Waals surface area (Å²) in [5, 5.41) is 2.40. The fourth-order valence-corrected chi connectivity index (χ4v) is 3.44. The Bertz CT molecular complexity index is 761. The van der Waals surface area contributed by atoms with E-state index in [1.807, 2.05) is 18.2 Å². The minimum atomic E-state index is -4.04. The molecule has 0 aromatic heterocycles. The molecule has 1 unspecified atom stereocenters. The summed E-state index contributed by atoms with van der Waals surface area (Å²) in [7, 11) is -4.04. The smallest absolute Gasteiger partial charge is 0.748 e. The van der Waals surface area contributed by atoms with E-state index in [4.69, 9.17) is 4.74 Å². The molecule has 0 heterocycles. The van der Waals surface area contributed by atoms with Gasteiger partial charge in [0.2, 0.25) is 0 Å². The average Bonchev–Trinajstić information content (AvgIpc) is 2.58. The van der Waals surface area contributed by atoms with Crippen LogP contribution in [0.15, 0.2) is 42.5 Å². The van der Waals surface area contributed by atoms with E-state index in [1.165, 1.54) is 10.8 Å². The second-order valence-corrected chi connectivity index (χ2v) is 8.27. The summed E-state index contributed by atoms with van der Waals surface area (Å²) >= 11 is 0. The van der Waals surface area contributed by atoms with Gasteiger partial charge in [-0.1, -0.05) is 62.9 Å². The monoisotopic (exact) mass is 402 g/mol. The van der Waals surface area contributed by atoms with Crippen molar-refractivity contribution in [1.29, 1.82) is 0 Å². The molecule has 2 aromatic rings. The van der Waals surface area contributed by atoms with Crippen LogP contribution in [0.3, 0.4) is 0 Å². The van der Waals surface area contributed by atoms with Gasteiger partial charge in [0.05, 0.1) is 16.7 Å². The van der Waals surface area contributed by atoms with E-state index in [1.54, 1.807) is 0 Å². The number of fused-ring (bicyclic) bond motifs is 1. The van der Waals surface area contributed by atoms with Gasteiger partial charge in [-0.3, -0.25) is 0 Å². The molecular formula is C20H27KO4S. The van der Waals surface area contributed by atoms with Crippen molar-refractivity contribution in [3.05, 3.63) is 42.5 Å². The van der Waals surface area contributed by atoms with Crippen LogP contribution in [0.5, 0.6) is 5.75 Å². The Morgan fingerprint density at radius 3 is 2.35 bits per heavy atom. The molecule has 1 atom stereocenters. The Morgan fingerprint density at radius 1 is 0.962 bits per heavy atom. The number of benzene rings is 2. The zero-order valence-electron chi connectivity index (χ0n) is 15.8. The first-order chi connectivity index (χ1) is 11.9. The number of rotatable bonds is 11. The van der Waals surface area contributed by atoms with Gasteiger partial charge in [0, 0.05) is 5.75 Å². The Hall–Kier alpha value is 0.0464. The van der Waals surface area contributed by atoms with Gasteiger partial charge >= 0.3 is 51.4 Å². The third kappa shape index (κ3) is 9.83. The van der Waals surface area contributed by atoms with Crippen LogP contribution >= 0.6 is 0 Å². The van der Waals surface area contributed by atoms with Crippen LogP contribution in [0, 0.1) is 5.92 Å². The maximum absolute atomic E-state index is 10.5. The summed E-state index contributed by atoms with van der Waals surface area (Å²) in [6, 6.07) is 14.4. The molecular weight excluding hydrogens is 375 g/mol. The molecule has 0 spiro atoms. The fraction of sp³-hybridized carbons (Fsp3) is 0.500. The molecule has 0 aliphatic rings. The minimum absolute atomic E-state index is 0. The van der Waals surface area contributed by atoms with E-state index in [0.29, 0.717) is 18.9 Å². The predicted octanol–water partition coefficient (Wildman–Crippen LogP) is 1.74. The van der Waals surface area contributed by atoms with Gasteiger partial charge in [0.1, 0.15) is 5.75 Å². The Balaban J connectivity index is 0.00000338. The van der Waals surface area contributed by atoms with Gasteiger partial charge in [-0.15, -0.1) is 0 Å². The van der Waals surface area contributed by atoms with Crippen molar-refractivity contribution in [2.45, 2.75) is 45.4 Å². The predicted molar refractivity (Wildman–Crippen MR) is 101 cm³/mol. The van der Waals surface area contributed by atoms with E-state index >= 15 is 0 Å². The van der Waals surface area contributed by atoms with Crippen molar-refractivity contribution in [1.82, 2.24) is 0 Å². The fourth-order valence-electron chi connectivity index (χ4n) is 2.88. The van der Waals surface area contributed by atoms with E-state index in [-0.39, 0.29) is 57.1 Å². The first kappa shape index (κ1) is 24.1. The van der Waals surface area contributed by atoms with Gasteiger partial charge in [-0.05, 0) is 41.7 Å². The summed E-state index contributed by atoms with van der Waals surface area (Å²) in [6.07, 6.45) is 5.53. The van der Waals surface area contributed by atoms with Crippen LogP contribution in [-0.4, -0.2) is 25.3 Å². The van der Waals surface area contributed by atoms with E-state index < -0.39 is 10.1 Å². The molecule has 0 saturated carbocycles. The van der Waals surface area contributed by atoms with Crippen LogP contribution in [0.1, 0.15) is 45.4 Å². The van der Waals surface area contributed by atoms with Gasteiger partial charge in [0.15, 0.2) is 0 Å². The molecule has 0 N–H and O–H groups in total. The van der Waals surface area contributed by atoms with Gasteiger partial charge < -0.3 is 9.29 Å². The summed E-state index contributed by atoms with van der Waals surface area (Å²) in [4.78, 5) is 0. The molecule has 0 saturated heterocycles. The Kier molecular flexibility index (Phi) is 11.6. The molecule has 6 heteroatoms. The zero-order chi connectivity index (χ0) is 18.1. The second kappa shape index (κ2) is 12.5.